The Morgan fingerprint density at radius 2 is 1.61 bits per heavy atom. The molecule has 4 nitrogen and oxygen atoms in total. The van der Waals surface area contributed by atoms with Gasteiger partial charge in [-0.05, 0) is 58.9 Å². The number of Topliss-reactive ketones (excluding diaryl/α,β-unsaturated/α-hetero) is 1. The van der Waals surface area contributed by atoms with Gasteiger partial charge in [0.15, 0.2) is 11.5 Å². The minimum atomic E-state index is -4.53. The van der Waals surface area contributed by atoms with E-state index in [0.717, 1.165) is 11.6 Å². The summed E-state index contributed by atoms with van der Waals surface area (Å²) in [6.45, 7) is -0.0454. The van der Waals surface area contributed by atoms with Crippen LogP contribution >= 0.6 is 0 Å². The lowest BCUT2D eigenvalue weighted by Gasteiger charge is -2.18. The topological polar surface area (TPSA) is 55.8 Å². The number of carbonyl (C=O) groups is 1. The van der Waals surface area contributed by atoms with Crippen LogP contribution in [0.1, 0.15) is 35.1 Å². The maximum atomic E-state index is 13.7. The Kier molecular flexibility index (Phi) is 5.16. The van der Waals surface area contributed by atoms with Crippen LogP contribution in [0.4, 0.5) is 13.2 Å². The first kappa shape index (κ1) is 21.5. The molecule has 33 heavy (non-hydrogen) atoms. The molecule has 3 aromatic carbocycles. The van der Waals surface area contributed by atoms with Crippen molar-refractivity contribution in [2.75, 3.05) is 6.79 Å². The summed E-state index contributed by atoms with van der Waals surface area (Å²) < 4.78 is 51.8. The third-order valence-electron chi connectivity index (χ3n) is 6.41. The average molecular weight is 454 g/mol. The summed E-state index contributed by atoms with van der Waals surface area (Å²) in [5.74, 6) is 1.22. The Balaban J connectivity index is 1.45. The van der Waals surface area contributed by atoms with Crippen LogP contribution in [0.15, 0.2) is 60.7 Å². The summed E-state index contributed by atoms with van der Waals surface area (Å²) in [6, 6.07) is 15.6. The normalized spacial score (nSPS) is 16.0. The minimum Gasteiger partial charge on any atom is -0.454 e. The van der Waals surface area contributed by atoms with Gasteiger partial charge in [-0.3, -0.25) is 4.79 Å². The lowest BCUT2D eigenvalue weighted by Crippen LogP contribution is -2.22. The smallest absolute Gasteiger partial charge is 0.417 e. The summed E-state index contributed by atoms with van der Waals surface area (Å²) >= 11 is 0. The van der Waals surface area contributed by atoms with Gasteiger partial charge in [0.1, 0.15) is 5.78 Å². The van der Waals surface area contributed by atoms with Gasteiger partial charge in [0.05, 0.1) is 17.6 Å². The predicted octanol–water partition coefficient (Wildman–Crippen LogP) is 5.44. The molecule has 1 saturated carbocycles. The van der Waals surface area contributed by atoms with E-state index in [-0.39, 0.29) is 31.2 Å². The summed E-state index contributed by atoms with van der Waals surface area (Å²) in [4.78, 5) is 13.3. The first-order valence-corrected chi connectivity index (χ1v) is 10.6. The molecule has 1 aliphatic heterocycles. The minimum absolute atomic E-state index is 0.0187. The number of benzene rings is 3. The van der Waals surface area contributed by atoms with Gasteiger partial charge >= 0.3 is 6.18 Å². The maximum absolute atomic E-state index is 13.7. The third kappa shape index (κ3) is 3.97. The quantitative estimate of drug-likeness (QED) is 0.539. The third-order valence-corrected chi connectivity index (χ3v) is 6.41. The molecular formula is C26H21F3O4. The molecule has 1 heterocycles. The SMILES string of the molecule is O=C(Cc1ccc(C(F)(F)F)c(-c2ccc(CO)cc2)c1)C1(c2ccc3c(c2)OCO3)CC1. The zero-order valence-electron chi connectivity index (χ0n) is 17.6. The fourth-order valence-corrected chi connectivity index (χ4v) is 4.38. The molecule has 0 spiro atoms. The van der Waals surface area contributed by atoms with Gasteiger partial charge < -0.3 is 14.6 Å². The van der Waals surface area contributed by atoms with E-state index in [9.17, 15) is 23.1 Å². The summed E-state index contributed by atoms with van der Waals surface area (Å²) in [7, 11) is 0. The lowest BCUT2D eigenvalue weighted by molar-refractivity contribution is -0.137. The molecule has 5 rings (SSSR count). The van der Waals surface area contributed by atoms with Crippen molar-refractivity contribution in [1.29, 1.82) is 0 Å². The number of ketones is 1. The Morgan fingerprint density at radius 1 is 0.909 bits per heavy atom. The van der Waals surface area contributed by atoms with E-state index in [0.29, 0.717) is 41.0 Å². The molecule has 3 aromatic rings. The molecule has 0 unspecified atom stereocenters. The molecule has 170 valence electrons. The molecule has 1 fully saturated rings. The van der Waals surface area contributed by atoms with E-state index in [1.165, 1.54) is 12.1 Å². The molecule has 1 aliphatic carbocycles. The number of aliphatic hydroxyl groups excluding tert-OH is 1. The number of hydrogen-bond donors (Lipinski definition) is 1. The van der Waals surface area contributed by atoms with E-state index < -0.39 is 17.2 Å². The van der Waals surface area contributed by atoms with Crippen molar-refractivity contribution < 1.29 is 32.5 Å². The summed E-state index contributed by atoms with van der Waals surface area (Å²) in [6.07, 6.45) is -3.10. The highest BCUT2D eigenvalue weighted by atomic mass is 19.4. The maximum Gasteiger partial charge on any atom is 0.417 e. The molecular weight excluding hydrogens is 433 g/mol. The molecule has 0 atom stereocenters. The number of ether oxygens (including phenoxy) is 2. The van der Waals surface area contributed by atoms with Gasteiger partial charge in [-0.15, -0.1) is 0 Å². The molecule has 0 saturated heterocycles. The number of rotatable bonds is 6. The molecule has 0 bridgehead atoms. The lowest BCUT2D eigenvalue weighted by atomic mass is 9.86. The average Bonchev–Trinajstić information content (AvgIpc) is 3.49. The van der Waals surface area contributed by atoms with Crippen LogP contribution in [0, 0.1) is 0 Å². The van der Waals surface area contributed by atoms with E-state index in [1.54, 1.807) is 30.3 Å². The number of fused-ring (bicyclic) bond motifs is 1. The zero-order valence-corrected chi connectivity index (χ0v) is 17.6. The second-order valence-electron chi connectivity index (χ2n) is 8.48. The first-order valence-electron chi connectivity index (χ1n) is 10.6. The highest BCUT2D eigenvalue weighted by molar-refractivity contribution is 5.95. The van der Waals surface area contributed by atoms with Crippen LogP contribution < -0.4 is 9.47 Å². The van der Waals surface area contributed by atoms with Crippen molar-refractivity contribution >= 4 is 5.78 Å². The molecule has 0 amide bonds. The molecule has 7 heteroatoms. The second kappa shape index (κ2) is 7.92. The van der Waals surface area contributed by atoms with E-state index >= 15 is 0 Å². The van der Waals surface area contributed by atoms with Crippen molar-refractivity contribution in [3.05, 3.63) is 82.9 Å². The van der Waals surface area contributed by atoms with Gasteiger partial charge in [-0.1, -0.05) is 42.5 Å². The number of hydrogen-bond acceptors (Lipinski definition) is 4. The van der Waals surface area contributed by atoms with Crippen molar-refractivity contribution in [3.8, 4) is 22.6 Å². The number of carbonyl (C=O) groups excluding carboxylic acids is 1. The standard InChI is InChI=1S/C26H21F3O4/c27-26(28,29)21-7-3-17(11-20(21)18-4-1-16(14-30)2-5-18)12-24(31)25(9-10-25)19-6-8-22-23(13-19)33-15-32-22/h1-8,11,13,30H,9-10,12,14-15H2. The van der Waals surface area contributed by atoms with E-state index in [1.807, 2.05) is 12.1 Å². The zero-order chi connectivity index (χ0) is 23.2. The van der Waals surface area contributed by atoms with Crippen molar-refractivity contribution in [3.63, 3.8) is 0 Å². The predicted molar refractivity (Wildman–Crippen MR) is 115 cm³/mol. The fourth-order valence-electron chi connectivity index (χ4n) is 4.38. The highest BCUT2D eigenvalue weighted by Crippen LogP contribution is 2.51. The Morgan fingerprint density at radius 3 is 2.27 bits per heavy atom. The van der Waals surface area contributed by atoms with Crippen molar-refractivity contribution in [2.45, 2.75) is 37.5 Å². The van der Waals surface area contributed by atoms with Crippen molar-refractivity contribution in [2.24, 2.45) is 0 Å². The van der Waals surface area contributed by atoms with Crippen LogP contribution in [-0.4, -0.2) is 17.7 Å². The first-order chi connectivity index (χ1) is 15.8. The van der Waals surface area contributed by atoms with Crippen LogP contribution in [0.5, 0.6) is 11.5 Å². The van der Waals surface area contributed by atoms with E-state index in [4.69, 9.17) is 9.47 Å². The number of halogens is 3. The Hall–Kier alpha value is -3.32. The second-order valence-corrected chi connectivity index (χ2v) is 8.48. The van der Waals surface area contributed by atoms with Gasteiger partial charge in [-0.2, -0.15) is 13.2 Å². The Bertz CT molecular complexity index is 1210. The van der Waals surface area contributed by atoms with Crippen molar-refractivity contribution in [1.82, 2.24) is 0 Å². The van der Waals surface area contributed by atoms with Crippen LogP contribution in [0.25, 0.3) is 11.1 Å². The fraction of sp³-hybridized carbons (Fsp3) is 0.269. The van der Waals surface area contributed by atoms with Gasteiger partial charge in [0, 0.05) is 6.42 Å². The molecule has 0 aromatic heterocycles. The molecule has 1 N–H and O–H groups in total. The molecule has 2 aliphatic rings. The van der Waals surface area contributed by atoms with Crippen LogP contribution in [0.2, 0.25) is 0 Å². The largest absolute Gasteiger partial charge is 0.454 e. The van der Waals surface area contributed by atoms with E-state index in [2.05, 4.69) is 0 Å². The Labute approximate surface area is 188 Å². The molecule has 0 radical (unpaired) electrons. The van der Waals surface area contributed by atoms with Gasteiger partial charge in [0.25, 0.3) is 0 Å². The monoisotopic (exact) mass is 454 g/mol. The highest BCUT2D eigenvalue weighted by Gasteiger charge is 2.50. The van der Waals surface area contributed by atoms with Gasteiger partial charge in [-0.25, -0.2) is 0 Å². The van der Waals surface area contributed by atoms with Crippen LogP contribution in [-0.2, 0) is 29.4 Å². The number of aliphatic hydroxyl groups is 1. The summed E-state index contributed by atoms with van der Waals surface area (Å²) in [5, 5.41) is 9.22. The van der Waals surface area contributed by atoms with Gasteiger partial charge in [0.2, 0.25) is 6.79 Å². The van der Waals surface area contributed by atoms with Crippen LogP contribution in [0.3, 0.4) is 0 Å². The number of alkyl halides is 3. The summed E-state index contributed by atoms with van der Waals surface area (Å²) in [5.41, 5.74) is 0.998.